The van der Waals surface area contributed by atoms with Crippen molar-refractivity contribution in [2.24, 2.45) is 0 Å². The van der Waals surface area contributed by atoms with Crippen molar-refractivity contribution in [2.45, 2.75) is 25.7 Å². The third-order valence-corrected chi connectivity index (χ3v) is 1.30. The first kappa shape index (κ1) is 6.33. The number of hydrogen-bond donors (Lipinski definition) is 0. The Labute approximate surface area is 54.5 Å². The number of esters is 1. The van der Waals surface area contributed by atoms with Crippen LogP contribution in [0, 0.1) is 0 Å². The molecule has 0 aromatic carbocycles. The minimum Gasteiger partial charge on any atom is -0.435 e. The second kappa shape index (κ2) is 3.28. The molecule has 0 aromatic rings. The first-order valence-electron chi connectivity index (χ1n) is 3.24. The monoisotopic (exact) mass is 126 g/mol. The second-order valence-corrected chi connectivity index (χ2v) is 2.11. The number of ether oxygens (including phenoxy) is 1. The Balaban J connectivity index is 2.37. The third-order valence-electron chi connectivity index (χ3n) is 1.30. The standard InChI is InChI=1S/C7H10O2/c8-7-5-3-1-2-4-6-9-7/h4,6H,1-3,5H2/b6-4-. The lowest BCUT2D eigenvalue weighted by atomic mass is 10.2. The third kappa shape index (κ3) is 2.31. The summed E-state index contributed by atoms with van der Waals surface area (Å²) in [7, 11) is 0. The van der Waals surface area contributed by atoms with Crippen molar-refractivity contribution in [3.05, 3.63) is 12.3 Å². The van der Waals surface area contributed by atoms with Crippen LogP contribution in [0.5, 0.6) is 0 Å². The molecule has 1 rings (SSSR count). The van der Waals surface area contributed by atoms with E-state index in [1.807, 2.05) is 6.08 Å². The van der Waals surface area contributed by atoms with Crippen LogP contribution in [0.25, 0.3) is 0 Å². The molecule has 0 N–H and O–H groups in total. The zero-order chi connectivity index (χ0) is 6.53. The summed E-state index contributed by atoms with van der Waals surface area (Å²) in [5.74, 6) is -0.106. The van der Waals surface area contributed by atoms with E-state index in [9.17, 15) is 4.79 Å². The largest absolute Gasteiger partial charge is 0.435 e. The Kier molecular flexibility index (Phi) is 2.31. The molecular formula is C7H10O2. The summed E-state index contributed by atoms with van der Waals surface area (Å²) < 4.78 is 4.66. The Bertz CT molecular complexity index is 127. The molecule has 0 unspecified atom stereocenters. The summed E-state index contributed by atoms with van der Waals surface area (Å²) in [5, 5.41) is 0. The molecule has 1 aliphatic heterocycles. The first-order valence-corrected chi connectivity index (χ1v) is 3.24. The molecule has 0 saturated heterocycles. The lowest BCUT2D eigenvalue weighted by Crippen LogP contribution is -2.00. The van der Waals surface area contributed by atoms with Gasteiger partial charge in [-0.15, -0.1) is 0 Å². The van der Waals surface area contributed by atoms with E-state index >= 15 is 0 Å². The molecule has 0 amide bonds. The van der Waals surface area contributed by atoms with Crippen molar-refractivity contribution in [3.63, 3.8) is 0 Å². The van der Waals surface area contributed by atoms with Crippen LogP contribution in [-0.4, -0.2) is 5.97 Å². The zero-order valence-corrected chi connectivity index (χ0v) is 5.30. The number of cyclic esters (lactones) is 1. The van der Waals surface area contributed by atoms with Gasteiger partial charge in [0, 0.05) is 6.42 Å². The lowest BCUT2D eigenvalue weighted by molar-refractivity contribution is -0.138. The van der Waals surface area contributed by atoms with Gasteiger partial charge in [0.15, 0.2) is 0 Å². The Morgan fingerprint density at radius 1 is 1.44 bits per heavy atom. The minimum absolute atomic E-state index is 0.106. The summed E-state index contributed by atoms with van der Waals surface area (Å²) in [6, 6.07) is 0. The van der Waals surface area contributed by atoms with E-state index < -0.39 is 0 Å². The maximum Gasteiger partial charge on any atom is 0.310 e. The number of allylic oxidation sites excluding steroid dienone is 1. The predicted molar refractivity (Wildman–Crippen MR) is 33.7 cm³/mol. The van der Waals surface area contributed by atoms with E-state index in [1.165, 1.54) is 6.26 Å². The summed E-state index contributed by atoms with van der Waals surface area (Å²) >= 11 is 0. The molecule has 0 aliphatic carbocycles. The average molecular weight is 126 g/mol. The van der Waals surface area contributed by atoms with Gasteiger partial charge in [0.05, 0.1) is 6.26 Å². The smallest absolute Gasteiger partial charge is 0.310 e. The highest BCUT2D eigenvalue weighted by molar-refractivity contribution is 5.69. The normalized spacial score (nSPS) is 23.8. The number of carbonyl (C=O) groups is 1. The van der Waals surface area contributed by atoms with E-state index in [1.54, 1.807) is 0 Å². The van der Waals surface area contributed by atoms with Gasteiger partial charge < -0.3 is 4.74 Å². The van der Waals surface area contributed by atoms with Gasteiger partial charge in [-0.3, -0.25) is 4.79 Å². The van der Waals surface area contributed by atoms with Crippen molar-refractivity contribution >= 4 is 5.97 Å². The Morgan fingerprint density at radius 3 is 3.22 bits per heavy atom. The molecule has 50 valence electrons. The molecule has 9 heavy (non-hydrogen) atoms. The zero-order valence-electron chi connectivity index (χ0n) is 5.30. The molecule has 1 heterocycles. The molecular weight excluding hydrogens is 116 g/mol. The molecule has 0 aromatic heterocycles. The average Bonchev–Trinajstić information content (AvgIpc) is 1.79. The fourth-order valence-electron chi connectivity index (χ4n) is 0.782. The maximum atomic E-state index is 10.6. The number of hydrogen-bond acceptors (Lipinski definition) is 2. The van der Waals surface area contributed by atoms with Gasteiger partial charge in [0.2, 0.25) is 0 Å². The van der Waals surface area contributed by atoms with Gasteiger partial charge >= 0.3 is 5.97 Å². The van der Waals surface area contributed by atoms with Crippen LogP contribution in [0.15, 0.2) is 12.3 Å². The fraction of sp³-hybridized carbons (Fsp3) is 0.571. The molecule has 0 bridgehead atoms. The second-order valence-electron chi connectivity index (χ2n) is 2.11. The summed E-state index contributed by atoms with van der Waals surface area (Å²) in [5.41, 5.74) is 0. The van der Waals surface area contributed by atoms with Crippen LogP contribution in [0.1, 0.15) is 25.7 Å². The van der Waals surface area contributed by atoms with Crippen LogP contribution in [0.4, 0.5) is 0 Å². The summed E-state index contributed by atoms with van der Waals surface area (Å²) in [6.07, 6.45) is 7.05. The minimum atomic E-state index is -0.106. The summed E-state index contributed by atoms with van der Waals surface area (Å²) in [6.45, 7) is 0. The Hall–Kier alpha value is -0.790. The maximum absolute atomic E-state index is 10.6. The van der Waals surface area contributed by atoms with Crippen molar-refractivity contribution in [2.75, 3.05) is 0 Å². The topological polar surface area (TPSA) is 26.3 Å². The highest BCUT2D eigenvalue weighted by Crippen LogP contribution is 2.05. The number of carbonyl (C=O) groups excluding carboxylic acids is 1. The van der Waals surface area contributed by atoms with Gasteiger partial charge in [0.25, 0.3) is 0 Å². The quantitative estimate of drug-likeness (QED) is 0.461. The molecule has 0 spiro atoms. The van der Waals surface area contributed by atoms with Crippen molar-refractivity contribution in [1.29, 1.82) is 0 Å². The molecule has 2 heteroatoms. The van der Waals surface area contributed by atoms with E-state index in [2.05, 4.69) is 4.74 Å². The lowest BCUT2D eigenvalue weighted by Gasteiger charge is -2.01. The molecule has 0 saturated carbocycles. The van der Waals surface area contributed by atoms with Crippen LogP contribution in [0.3, 0.4) is 0 Å². The SMILES string of the molecule is O=C1CCCC/C=C\O1. The van der Waals surface area contributed by atoms with Crippen LogP contribution >= 0.6 is 0 Å². The van der Waals surface area contributed by atoms with Crippen LogP contribution in [-0.2, 0) is 9.53 Å². The van der Waals surface area contributed by atoms with Crippen molar-refractivity contribution in [3.8, 4) is 0 Å². The fourth-order valence-corrected chi connectivity index (χ4v) is 0.782. The molecule has 0 atom stereocenters. The van der Waals surface area contributed by atoms with Crippen LogP contribution in [0.2, 0.25) is 0 Å². The van der Waals surface area contributed by atoms with Gasteiger partial charge in [-0.05, 0) is 25.3 Å². The van der Waals surface area contributed by atoms with Gasteiger partial charge in [-0.1, -0.05) is 0 Å². The van der Waals surface area contributed by atoms with E-state index in [0.717, 1.165) is 19.3 Å². The van der Waals surface area contributed by atoms with Gasteiger partial charge in [-0.25, -0.2) is 0 Å². The van der Waals surface area contributed by atoms with Gasteiger partial charge in [0.1, 0.15) is 0 Å². The van der Waals surface area contributed by atoms with Gasteiger partial charge in [-0.2, -0.15) is 0 Å². The summed E-state index contributed by atoms with van der Waals surface area (Å²) in [4.78, 5) is 10.6. The Morgan fingerprint density at radius 2 is 2.33 bits per heavy atom. The first-order chi connectivity index (χ1) is 4.39. The van der Waals surface area contributed by atoms with E-state index in [4.69, 9.17) is 0 Å². The van der Waals surface area contributed by atoms with Crippen LogP contribution < -0.4 is 0 Å². The van der Waals surface area contributed by atoms with Crippen molar-refractivity contribution in [1.82, 2.24) is 0 Å². The molecule has 2 nitrogen and oxygen atoms in total. The van der Waals surface area contributed by atoms with Crippen molar-refractivity contribution < 1.29 is 9.53 Å². The highest BCUT2D eigenvalue weighted by Gasteiger charge is 2.01. The van der Waals surface area contributed by atoms with E-state index in [0.29, 0.717) is 6.42 Å². The predicted octanol–water partition coefficient (Wildman–Crippen LogP) is 1.62. The van der Waals surface area contributed by atoms with E-state index in [-0.39, 0.29) is 5.97 Å². The highest BCUT2D eigenvalue weighted by atomic mass is 16.5. The molecule has 0 radical (unpaired) electrons. The number of rotatable bonds is 0. The molecule has 1 aliphatic rings. The molecule has 0 fully saturated rings.